The molecule has 0 aliphatic carbocycles. The summed E-state index contributed by atoms with van der Waals surface area (Å²) >= 11 is 4.89. The first-order valence-corrected chi connectivity index (χ1v) is 12.9. The molecule has 2 aliphatic rings. The van der Waals surface area contributed by atoms with Crippen molar-refractivity contribution in [1.29, 1.82) is 0 Å². The zero-order chi connectivity index (χ0) is 24.4. The second-order valence-electron chi connectivity index (χ2n) is 6.56. The summed E-state index contributed by atoms with van der Waals surface area (Å²) in [5.41, 5.74) is 11.6. The second kappa shape index (κ2) is 10.00. The molecular weight excluding hydrogens is 525 g/mol. The Morgan fingerprint density at radius 3 is 2.79 bits per heavy atom. The summed E-state index contributed by atoms with van der Waals surface area (Å²) in [5, 5.41) is 26.8. The number of nitrogens with zero attached hydrogens (tertiary/aromatic N) is 5. The van der Waals surface area contributed by atoms with Crippen molar-refractivity contribution in [1.82, 2.24) is 25.4 Å². The minimum absolute atomic E-state index is 0.133. The number of hydrogen-bond acceptors (Lipinski definition) is 14. The van der Waals surface area contributed by atoms with E-state index in [-0.39, 0.29) is 22.2 Å². The number of nitrogens with one attached hydrogen (secondary N) is 1. The van der Waals surface area contributed by atoms with Crippen molar-refractivity contribution in [3.8, 4) is 0 Å². The van der Waals surface area contributed by atoms with Crippen LogP contribution >= 0.6 is 46.2 Å². The zero-order valence-corrected chi connectivity index (χ0v) is 20.5. The molecule has 13 nitrogen and oxygen atoms in total. The van der Waals surface area contributed by atoms with Gasteiger partial charge in [-0.3, -0.25) is 14.5 Å². The third-order valence-corrected chi connectivity index (χ3v) is 8.13. The van der Waals surface area contributed by atoms with E-state index in [0.29, 0.717) is 20.8 Å². The molecule has 2 aliphatic heterocycles. The quantitative estimate of drug-likeness (QED) is 0.157. The molecule has 2 amide bonds. The van der Waals surface area contributed by atoms with Gasteiger partial charge in [-0.2, -0.15) is 0 Å². The highest BCUT2D eigenvalue weighted by atomic mass is 32.2. The molecule has 6 N–H and O–H groups in total. The van der Waals surface area contributed by atoms with Gasteiger partial charge in [0.25, 0.3) is 11.8 Å². The molecular formula is C17H16N8O5S4. The maximum atomic E-state index is 12.8. The molecule has 0 radical (unpaired) electrons. The number of carbonyl (C=O) groups is 3. The van der Waals surface area contributed by atoms with Crippen molar-refractivity contribution < 1.29 is 24.3 Å². The van der Waals surface area contributed by atoms with Gasteiger partial charge in [0, 0.05) is 11.1 Å². The maximum absolute atomic E-state index is 12.8. The Balaban J connectivity index is 1.49. The first kappa shape index (κ1) is 24.0. The number of oxime groups is 1. The number of amides is 2. The molecule has 0 bridgehead atoms. The first-order valence-electron chi connectivity index (χ1n) is 9.26. The van der Waals surface area contributed by atoms with E-state index < -0.39 is 29.2 Å². The van der Waals surface area contributed by atoms with Gasteiger partial charge in [-0.15, -0.1) is 33.3 Å². The van der Waals surface area contributed by atoms with Crippen LogP contribution in [0.5, 0.6) is 0 Å². The highest BCUT2D eigenvalue weighted by molar-refractivity contribution is 8.03. The Bertz CT molecular complexity index is 1240. The number of nitrogen functional groups attached to an aromatic ring is 2. The Morgan fingerprint density at radius 2 is 2.18 bits per heavy atom. The molecule has 2 atom stereocenters. The minimum atomic E-state index is -1.24. The number of aromatic nitrogens is 3. The fourth-order valence-corrected chi connectivity index (χ4v) is 6.38. The predicted octanol–water partition coefficient (Wildman–Crippen LogP) is 0.554. The lowest BCUT2D eigenvalue weighted by atomic mass is 10.0. The lowest BCUT2D eigenvalue weighted by Gasteiger charge is -2.49. The molecule has 0 saturated carbocycles. The van der Waals surface area contributed by atoms with Gasteiger partial charge in [-0.1, -0.05) is 28.3 Å². The normalized spacial score (nSPS) is 20.3. The van der Waals surface area contributed by atoms with Crippen molar-refractivity contribution in [3.05, 3.63) is 33.8 Å². The van der Waals surface area contributed by atoms with E-state index >= 15 is 0 Å². The SMILES string of the molecule is CON=C(C(=O)NC1C(=O)N2C(C(=O)O)=C(C=CSc3nnc(N)s3)CSC12)c1csc(N)n1. The number of carboxylic acid groups (broad SMARTS) is 1. The molecule has 4 heterocycles. The summed E-state index contributed by atoms with van der Waals surface area (Å²) in [6, 6.07) is -0.936. The molecule has 2 unspecified atom stereocenters. The molecule has 0 spiro atoms. The van der Waals surface area contributed by atoms with Crippen molar-refractivity contribution in [2.24, 2.45) is 5.16 Å². The first-order chi connectivity index (χ1) is 16.3. The van der Waals surface area contributed by atoms with Crippen LogP contribution < -0.4 is 16.8 Å². The lowest BCUT2D eigenvalue weighted by Crippen LogP contribution is -2.71. The summed E-state index contributed by atoms with van der Waals surface area (Å²) in [7, 11) is 1.27. The molecule has 0 aromatic carbocycles. The van der Waals surface area contributed by atoms with E-state index in [2.05, 4.69) is 25.7 Å². The molecule has 2 aromatic heterocycles. The van der Waals surface area contributed by atoms with E-state index in [1.165, 1.54) is 52.3 Å². The maximum Gasteiger partial charge on any atom is 0.352 e. The summed E-state index contributed by atoms with van der Waals surface area (Å²) in [6.07, 6.45) is 1.62. The van der Waals surface area contributed by atoms with Crippen LogP contribution in [0.2, 0.25) is 0 Å². The molecule has 34 heavy (non-hydrogen) atoms. The highest BCUT2D eigenvalue weighted by Crippen LogP contribution is 2.41. The molecule has 1 saturated heterocycles. The lowest BCUT2D eigenvalue weighted by molar-refractivity contribution is -0.150. The van der Waals surface area contributed by atoms with Crippen LogP contribution in [0.3, 0.4) is 0 Å². The number of anilines is 2. The Hall–Kier alpha value is -3.15. The number of nitrogens with two attached hydrogens (primary N) is 2. The van der Waals surface area contributed by atoms with Crippen LogP contribution in [0.1, 0.15) is 5.69 Å². The number of carboxylic acids is 1. The number of thiazole rings is 1. The third-order valence-electron chi connectivity index (χ3n) is 4.51. The van der Waals surface area contributed by atoms with Crippen LogP contribution in [-0.4, -0.2) is 73.0 Å². The van der Waals surface area contributed by atoms with Crippen LogP contribution in [-0.2, 0) is 19.2 Å². The van der Waals surface area contributed by atoms with Crippen LogP contribution in [0.25, 0.3) is 0 Å². The Labute approximate surface area is 208 Å². The standard InChI is InChI=1S/C17H16N8O5S4/c1-30-24-8(7-5-33-15(18)20-7)11(26)21-9-12(27)25-10(14(28)29)6(4-32-13(9)25)2-3-31-17-23-22-16(19)34-17/h2-3,5,9,13H,4H2,1H3,(H2,18,20)(H2,19,22)(H,21,26)(H,28,29). The average Bonchev–Trinajstić information content (AvgIpc) is 3.42. The fourth-order valence-electron chi connectivity index (χ4n) is 3.12. The van der Waals surface area contributed by atoms with Crippen molar-refractivity contribution in [3.63, 3.8) is 0 Å². The van der Waals surface area contributed by atoms with E-state index in [9.17, 15) is 19.5 Å². The third kappa shape index (κ3) is 4.72. The van der Waals surface area contributed by atoms with Crippen LogP contribution in [0.4, 0.5) is 10.3 Å². The number of thioether (sulfide) groups is 2. The summed E-state index contributed by atoms with van der Waals surface area (Å²) < 4.78 is 0.603. The van der Waals surface area contributed by atoms with Gasteiger partial charge in [-0.05, 0) is 17.1 Å². The topological polar surface area (TPSA) is 199 Å². The minimum Gasteiger partial charge on any atom is -0.477 e. The summed E-state index contributed by atoms with van der Waals surface area (Å²) in [6.45, 7) is 0. The summed E-state index contributed by atoms with van der Waals surface area (Å²) in [5.74, 6) is -2.16. The number of hydrogen-bond donors (Lipinski definition) is 4. The largest absolute Gasteiger partial charge is 0.477 e. The highest BCUT2D eigenvalue weighted by Gasteiger charge is 2.54. The Morgan fingerprint density at radius 1 is 1.38 bits per heavy atom. The number of β-lactam (4-membered cyclic amide) rings is 1. The van der Waals surface area contributed by atoms with Crippen molar-refractivity contribution >= 4 is 80.0 Å². The Kier molecular flexibility index (Phi) is 7.05. The van der Waals surface area contributed by atoms with Gasteiger partial charge in [0.1, 0.15) is 29.9 Å². The average molecular weight is 541 g/mol. The number of aliphatic carboxylic acids is 1. The van der Waals surface area contributed by atoms with Gasteiger partial charge in [-0.25, -0.2) is 9.78 Å². The van der Waals surface area contributed by atoms with E-state index in [1.807, 2.05) is 0 Å². The predicted molar refractivity (Wildman–Crippen MR) is 129 cm³/mol. The summed E-state index contributed by atoms with van der Waals surface area (Å²) in [4.78, 5) is 47.5. The van der Waals surface area contributed by atoms with E-state index in [0.717, 1.165) is 11.3 Å². The number of allylic oxidation sites excluding steroid dienone is 1. The van der Waals surface area contributed by atoms with Crippen molar-refractivity contribution in [2.45, 2.75) is 15.8 Å². The van der Waals surface area contributed by atoms with Crippen molar-refractivity contribution in [2.75, 3.05) is 24.3 Å². The number of rotatable bonds is 8. The molecule has 17 heteroatoms. The monoisotopic (exact) mass is 540 g/mol. The smallest absolute Gasteiger partial charge is 0.352 e. The van der Waals surface area contributed by atoms with E-state index in [4.69, 9.17) is 16.3 Å². The zero-order valence-electron chi connectivity index (χ0n) is 17.2. The van der Waals surface area contributed by atoms with E-state index in [1.54, 1.807) is 11.5 Å². The molecule has 2 aromatic rings. The molecule has 178 valence electrons. The van der Waals surface area contributed by atoms with Gasteiger partial charge in [0.05, 0.1) is 0 Å². The van der Waals surface area contributed by atoms with Crippen LogP contribution in [0, 0.1) is 0 Å². The van der Waals surface area contributed by atoms with Gasteiger partial charge in [0.15, 0.2) is 15.2 Å². The fraction of sp³-hybridized carbons (Fsp3) is 0.235. The number of carbonyl (C=O) groups excluding carboxylic acids is 2. The van der Waals surface area contributed by atoms with Gasteiger partial charge < -0.3 is 26.7 Å². The molecule has 1 fully saturated rings. The van der Waals surface area contributed by atoms with Gasteiger partial charge in [0.2, 0.25) is 5.13 Å². The number of fused-ring (bicyclic) bond motifs is 1. The molecule has 4 rings (SSSR count). The van der Waals surface area contributed by atoms with Crippen LogP contribution in [0.15, 0.2) is 37.6 Å². The van der Waals surface area contributed by atoms with Gasteiger partial charge >= 0.3 is 5.97 Å². The second-order valence-corrected chi connectivity index (χ2v) is 10.7.